The van der Waals surface area contributed by atoms with E-state index in [9.17, 15) is 8.78 Å². The van der Waals surface area contributed by atoms with Crippen LogP contribution in [0.5, 0.6) is 5.75 Å². The minimum absolute atomic E-state index is 0.0595. The first-order chi connectivity index (χ1) is 20.1. The lowest BCUT2D eigenvalue weighted by atomic mass is 9.70. The van der Waals surface area contributed by atoms with Crippen LogP contribution in [0.3, 0.4) is 0 Å². The number of fused-ring (bicyclic) bond motifs is 10. The highest BCUT2D eigenvalue weighted by molar-refractivity contribution is 6.08. The Kier molecular flexibility index (Phi) is 5.47. The molecule has 5 aromatic rings. The summed E-state index contributed by atoms with van der Waals surface area (Å²) in [4.78, 5) is 0. The number of rotatable bonds is 2. The second kappa shape index (κ2) is 9.14. The summed E-state index contributed by atoms with van der Waals surface area (Å²) in [6.45, 7) is 0. The molecule has 1 saturated carbocycles. The van der Waals surface area contributed by atoms with Crippen LogP contribution in [0.15, 0.2) is 103 Å². The van der Waals surface area contributed by atoms with Gasteiger partial charge >= 0.3 is 0 Å². The molecule has 0 unspecified atom stereocenters. The molecule has 41 heavy (non-hydrogen) atoms. The van der Waals surface area contributed by atoms with Gasteiger partial charge in [-0.25, -0.2) is 8.78 Å². The predicted molar refractivity (Wildman–Crippen MR) is 161 cm³/mol. The van der Waals surface area contributed by atoms with Crippen LogP contribution in [-0.4, -0.2) is 0 Å². The van der Waals surface area contributed by atoms with Crippen molar-refractivity contribution in [1.82, 2.24) is 0 Å². The first-order valence-corrected chi connectivity index (χ1v) is 14.7. The molecule has 2 aliphatic carbocycles. The standard InChI is InChI=1S/C38H30F2O/c39-27-17-13-25(14-18-27)38(26-15-19-28(40)20-16-26)24-21-32-35-34(29-9-3-4-10-30(29)36(32)41-38)31-11-5-6-12-33(31)37(35)22-7-1-2-8-23-37/h3-6,9-21,24H,1-2,7-8,22-23H2. The summed E-state index contributed by atoms with van der Waals surface area (Å²) < 4.78 is 35.4. The Hall–Kier alpha value is -4.24. The van der Waals surface area contributed by atoms with Crippen LogP contribution < -0.4 is 4.74 Å². The Balaban J connectivity index is 1.45. The zero-order valence-corrected chi connectivity index (χ0v) is 22.8. The molecule has 0 atom stereocenters. The number of ether oxygens (including phenoxy) is 1. The fraction of sp³-hybridized carbons (Fsp3) is 0.211. The predicted octanol–water partition coefficient (Wildman–Crippen LogP) is 10.1. The van der Waals surface area contributed by atoms with Crippen molar-refractivity contribution >= 4 is 16.8 Å². The van der Waals surface area contributed by atoms with Crippen molar-refractivity contribution in [2.75, 3.05) is 0 Å². The average molecular weight is 541 g/mol. The fourth-order valence-corrected chi connectivity index (χ4v) is 7.85. The third-order valence-electron chi connectivity index (χ3n) is 9.65. The highest BCUT2D eigenvalue weighted by atomic mass is 19.1. The minimum Gasteiger partial charge on any atom is -0.472 e. The van der Waals surface area contributed by atoms with Crippen LogP contribution >= 0.6 is 0 Å². The highest BCUT2D eigenvalue weighted by Gasteiger charge is 2.48. The van der Waals surface area contributed by atoms with Crippen LogP contribution in [0.2, 0.25) is 0 Å². The Labute approximate surface area is 239 Å². The quantitative estimate of drug-likeness (QED) is 0.216. The number of halogens is 2. The molecule has 202 valence electrons. The van der Waals surface area contributed by atoms with E-state index in [-0.39, 0.29) is 17.0 Å². The van der Waals surface area contributed by atoms with Crippen LogP contribution in [0, 0.1) is 11.6 Å². The zero-order valence-electron chi connectivity index (χ0n) is 22.8. The molecule has 8 rings (SSSR count). The van der Waals surface area contributed by atoms with Gasteiger partial charge in [-0.15, -0.1) is 0 Å². The number of hydrogen-bond acceptors (Lipinski definition) is 1. The topological polar surface area (TPSA) is 9.23 Å². The highest BCUT2D eigenvalue weighted by Crippen LogP contribution is 2.61. The van der Waals surface area contributed by atoms with E-state index in [4.69, 9.17) is 4.74 Å². The van der Waals surface area contributed by atoms with Crippen molar-refractivity contribution in [3.63, 3.8) is 0 Å². The van der Waals surface area contributed by atoms with Gasteiger partial charge in [0, 0.05) is 27.5 Å². The summed E-state index contributed by atoms with van der Waals surface area (Å²) in [6.07, 6.45) is 11.5. The van der Waals surface area contributed by atoms with Crippen molar-refractivity contribution in [3.8, 4) is 16.9 Å². The monoisotopic (exact) mass is 540 g/mol. The van der Waals surface area contributed by atoms with E-state index in [1.54, 1.807) is 24.3 Å². The van der Waals surface area contributed by atoms with E-state index in [1.165, 1.54) is 77.6 Å². The van der Waals surface area contributed by atoms with Gasteiger partial charge in [0.25, 0.3) is 0 Å². The van der Waals surface area contributed by atoms with Crippen LogP contribution in [-0.2, 0) is 11.0 Å². The third kappa shape index (κ3) is 3.51. The van der Waals surface area contributed by atoms with Gasteiger partial charge in [-0.05, 0) is 70.8 Å². The van der Waals surface area contributed by atoms with E-state index in [0.717, 1.165) is 40.7 Å². The summed E-state index contributed by atoms with van der Waals surface area (Å²) in [5, 5.41) is 2.25. The molecule has 0 radical (unpaired) electrons. The molecule has 3 heteroatoms. The van der Waals surface area contributed by atoms with Crippen LogP contribution in [0.1, 0.15) is 66.3 Å². The third-order valence-corrected chi connectivity index (χ3v) is 9.65. The lowest BCUT2D eigenvalue weighted by molar-refractivity contribution is 0.163. The average Bonchev–Trinajstić information content (AvgIpc) is 3.12. The van der Waals surface area contributed by atoms with Gasteiger partial charge in [0.1, 0.15) is 17.4 Å². The van der Waals surface area contributed by atoms with E-state index in [0.29, 0.717) is 0 Å². The molecule has 0 saturated heterocycles. The van der Waals surface area contributed by atoms with Gasteiger partial charge in [-0.2, -0.15) is 0 Å². The van der Waals surface area contributed by atoms with Gasteiger partial charge in [0.2, 0.25) is 0 Å². The molecule has 1 fully saturated rings. The van der Waals surface area contributed by atoms with E-state index in [1.807, 2.05) is 0 Å². The maximum atomic E-state index is 14.1. The minimum atomic E-state index is -1.03. The lowest BCUT2D eigenvalue weighted by Gasteiger charge is -2.39. The Bertz CT molecular complexity index is 1780. The second-order valence-corrected chi connectivity index (χ2v) is 11.8. The number of benzene rings is 5. The van der Waals surface area contributed by atoms with Gasteiger partial charge < -0.3 is 4.74 Å². The molecule has 1 heterocycles. The second-order valence-electron chi connectivity index (χ2n) is 11.8. The van der Waals surface area contributed by atoms with E-state index >= 15 is 0 Å². The molecular weight excluding hydrogens is 510 g/mol. The molecule has 1 spiro atoms. The summed E-state index contributed by atoms with van der Waals surface area (Å²) in [5.41, 5.74) is 7.14. The van der Waals surface area contributed by atoms with Gasteiger partial charge in [0.15, 0.2) is 5.60 Å². The summed E-state index contributed by atoms with van der Waals surface area (Å²) in [6, 6.07) is 30.5. The van der Waals surface area contributed by atoms with Crippen molar-refractivity contribution in [2.24, 2.45) is 0 Å². The van der Waals surface area contributed by atoms with Crippen LogP contribution in [0.25, 0.3) is 28.0 Å². The molecule has 0 bridgehead atoms. The van der Waals surface area contributed by atoms with Crippen molar-refractivity contribution in [2.45, 2.75) is 49.5 Å². The van der Waals surface area contributed by atoms with Crippen molar-refractivity contribution < 1.29 is 13.5 Å². The molecule has 0 aromatic heterocycles. The molecule has 1 aliphatic heterocycles. The lowest BCUT2D eigenvalue weighted by Crippen LogP contribution is -2.35. The first kappa shape index (κ1) is 24.5. The fourth-order valence-electron chi connectivity index (χ4n) is 7.85. The first-order valence-electron chi connectivity index (χ1n) is 14.7. The summed E-state index contributed by atoms with van der Waals surface area (Å²) in [5.74, 6) is 0.228. The van der Waals surface area contributed by atoms with E-state index in [2.05, 4.69) is 60.7 Å². The number of hydrogen-bond donors (Lipinski definition) is 0. The Morgan fingerprint density at radius 3 is 1.85 bits per heavy atom. The Morgan fingerprint density at radius 2 is 1.20 bits per heavy atom. The molecular formula is C38H30F2O. The van der Waals surface area contributed by atoms with Crippen molar-refractivity contribution in [3.05, 3.63) is 143 Å². The Morgan fingerprint density at radius 1 is 0.610 bits per heavy atom. The molecule has 0 amide bonds. The van der Waals surface area contributed by atoms with Gasteiger partial charge in [0.05, 0.1) is 0 Å². The summed E-state index contributed by atoms with van der Waals surface area (Å²) in [7, 11) is 0. The maximum absolute atomic E-state index is 14.1. The zero-order chi connectivity index (χ0) is 27.6. The molecule has 1 nitrogen and oxygen atoms in total. The van der Waals surface area contributed by atoms with Crippen molar-refractivity contribution in [1.29, 1.82) is 0 Å². The van der Waals surface area contributed by atoms with Gasteiger partial charge in [-0.1, -0.05) is 105 Å². The largest absolute Gasteiger partial charge is 0.472 e. The van der Waals surface area contributed by atoms with Crippen LogP contribution in [0.4, 0.5) is 8.78 Å². The molecule has 0 N–H and O–H groups in total. The maximum Gasteiger partial charge on any atom is 0.178 e. The molecule has 5 aromatic carbocycles. The normalized spacial score (nSPS) is 17.9. The SMILES string of the molecule is Fc1ccc(C2(c3ccc(F)cc3)C=Cc3c4c(c5ccccc5c3O2)-c2ccccc2C42CCCCCC2)cc1. The van der Waals surface area contributed by atoms with E-state index < -0.39 is 5.60 Å². The molecule has 3 aliphatic rings. The van der Waals surface area contributed by atoms with Gasteiger partial charge in [-0.3, -0.25) is 0 Å². The smallest absolute Gasteiger partial charge is 0.178 e. The summed E-state index contributed by atoms with van der Waals surface area (Å²) >= 11 is 0.